The van der Waals surface area contributed by atoms with E-state index in [1.54, 1.807) is 0 Å². The second-order valence-corrected chi connectivity index (χ2v) is 1.83. The van der Waals surface area contributed by atoms with E-state index in [1.165, 1.54) is 0 Å². The van der Waals surface area contributed by atoms with Crippen molar-refractivity contribution in [1.29, 1.82) is 0 Å². The fourth-order valence-corrected chi connectivity index (χ4v) is 0.624. The third-order valence-corrected chi connectivity index (χ3v) is 1.01. The van der Waals surface area contributed by atoms with Gasteiger partial charge in [-0.15, -0.1) is 0 Å². The number of amidine groups is 1. The second-order valence-electron chi connectivity index (χ2n) is 1.83. The smallest absolute Gasteiger partial charge is 0.870 e. The third-order valence-electron chi connectivity index (χ3n) is 1.01. The van der Waals surface area contributed by atoms with Crippen molar-refractivity contribution in [3.63, 3.8) is 0 Å². The van der Waals surface area contributed by atoms with E-state index < -0.39 is 24.1 Å². The molecule has 10 heteroatoms. The Bertz CT molecular complexity index is 240. The molecule has 1 aliphatic rings. The van der Waals surface area contributed by atoms with Crippen LogP contribution >= 0.6 is 0 Å². The Hall–Kier alpha value is -1.34. The minimum absolute atomic E-state index is 0. The molecule has 76 valence electrons. The Morgan fingerprint density at radius 3 is 2.21 bits per heavy atom. The Labute approximate surface area is 89.1 Å². The van der Waals surface area contributed by atoms with Gasteiger partial charge in [-0.3, -0.25) is 10.1 Å². The van der Waals surface area contributed by atoms with Gasteiger partial charge in [0.05, 0.1) is 0 Å². The van der Waals surface area contributed by atoms with E-state index in [9.17, 15) is 14.7 Å². The van der Waals surface area contributed by atoms with Crippen LogP contribution in [0.1, 0.15) is 0 Å². The summed E-state index contributed by atoms with van der Waals surface area (Å²) in [6.45, 7) is 0. The van der Waals surface area contributed by atoms with E-state index in [1.807, 2.05) is 5.32 Å². The molecule has 0 spiro atoms. The minimum atomic E-state index is -1.17. The predicted octanol–water partition coefficient (Wildman–Crippen LogP) is -3.91. The van der Waals surface area contributed by atoms with Gasteiger partial charge in [0.25, 0.3) is 5.91 Å². The van der Waals surface area contributed by atoms with Crippen molar-refractivity contribution in [2.45, 2.75) is 6.17 Å². The molecule has 0 saturated carbocycles. The first-order valence-corrected chi connectivity index (χ1v) is 2.71. The summed E-state index contributed by atoms with van der Waals surface area (Å²) in [5.74, 6) is -0.672. The van der Waals surface area contributed by atoms with Crippen molar-refractivity contribution < 1.29 is 25.6 Å². The van der Waals surface area contributed by atoms with Crippen LogP contribution in [0.4, 0.5) is 4.79 Å². The topological polar surface area (TPSA) is 180 Å². The summed E-state index contributed by atoms with van der Waals surface area (Å²) in [5, 5.41) is 14.1. The summed E-state index contributed by atoms with van der Waals surface area (Å²) in [6, 6.07) is -1.67. The van der Waals surface area contributed by atoms with Gasteiger partial charge in [0.15, 0.2) is 0 Å². The number of nitrogens with two attached hydrogens (primary N) is 1. The number of hydrogen-bond acceptors (Lipinski definition) is 6. The van der Waals surface area contributed by atoms with Crippen LogP contribution in [-0.2, 0) is 4.79 Å². The fraction of sp³-hybridized carbons (Fsp3) is 0.250. The van der Waals surface area contributed by atoms with Crippen molar-refractivity contribution in [1.82, 2.24) is 10.6 Å². The maximum Gasteiger partial charge on any atom is 3.00 e. The number of urea groups is 1. The molecule has 1 aliphatic heterocycles. The third kappa shape index (κ3) is 4.63. The molecule has 1 fully saturated rings. The summed E-state index contributed by atoms with van der Waals surface area (Å²) >= 11 is 0. The molecule has 1 unspecified atom stereocenters. The maximum absolute atomic E-state index is 10.6. The molecule has 1 atom stereocenters. The first-order chi connectivity index (χ1) is 5.09. The molecule has 0 aromatic carbocycles. The SMILES string of the molecule is N/C([O-])=N\C1NC(=O)NC1=O.[Al+3].[OH-].[OH-]. The Morgan fingerprint density at radius 2 is 1.93 bits per heavy atom. The molecule has 1 rings (SSSR count). The normalized spacial score (nSPS) is 19.4. The summed E-state index contributed by atoms with van der Waals surface area (Å²) in [4.78, 5) is 24.1. The molecule has 1 heterocycles. The molecule has 9 nitrogen and oxygen atoms in total. The van der Waals surface area contributed by atoms with Crippen molar-refractivity contribution in [3.8, 4) is 0 Å². The number of amides is 3. The Morgan fingerprint density at radius 1 is 1.43 bits per heavy atom. The van der Waals surface area contributed by atoms with E-state index in [4.69, 9.17) is 0 Å². The van der Waals surface area contributed by atoms with Crippen molar-refractivity contribution in [2.75, 3.05) is 0 Å². The summed E-state index contributed by atoms with van der Waals surface area (Å²) in [5.41, 5.74) is 4.64. The zero-order valence-electron chi connectivity index (χ0n) is 6.80. The Balaban J connectivity index is -0.000000403. The second kappa shape index (κ2) is 7.10. The molecular formula is C4H7AlN4O5. The summed E-state index contributed by atoms with van der Waals surface area (Å²) < 4.78 is 0. The van der Waals surface area contributed by atoms with Gasteiger partial charge in [0.1, 0.15) is 0 Å². The van der Waals surface area contributed by atoms with Gasteiger partial charge in [0, 0.05) is 6.02 Å². The van der Waals surface area contributed by atoms with Crippen molar-refractivity contribution in [2.24, 2.45) is 10.7 Å². The molecule has 0 aliphatic carbocycles. The number of carbonyl (C=O) groups excluding carboxylic acids is 2. The van der Waals surface area contributed by atoms with E-state index in [-0.39, 0.29) is 28.3 Å². The molecule has 6 N–H and O–H groups in total. The van der Waals surface area contributed by atoms with Crippen LogP contribution in [0.15, 0.2) is 4.99 Å². The van der Waals surface area contributed by atoms with Crippen LogP contribution in [0.25, 0.3) is 0 Å². The van der Waals surface area contributed by atoms with Crippen LogP contribution in [-0.4, -0.2) is 52.4 Å². The van der Waals surface area contributed by atoms with Crippen molar-refractivity contribution >= 4 is 35.3 Å². The van der Waals surface area contributed by atoms with Gasteiger partial charge >= 0.3 is 23.4 Å². The fourth-order valence-electron chi connectivity index (χ4n) is 0.624. The predicted molar refractivity (Wildman–Crippen MR) is 41.7 cm³/mol. The molecule has 1 saturated heterocycles. The minimum Gasteiger partial charge on any atom is -0.870 e. The number of carbonyl (C=O) groups is 2. The number of nitrogens with zero attached hydrogens (tertiary/aromatic N) is 1. The van der Waals surface area contributed by atoms with Gasteiger partial charge in [-0.2, -0.15) is 0 Å². The number of nitrogens with one attached hydrogen (secondary N) is 2. The molecule has 3 amide bonds. The van der Waals surface area contributed by atoms with Crippen LogP contribution in [0, 0.1) is 0 Å². The summed E-state index contributed by atoms with van der Waals surface area (Å²) in [7, 11) is 0. The van der Waals surface area contributed by atoms with Crippen LogP contribution in [0.5, 0.6) is 0 Å². The van der Waals surface area contributed by atoms with Gasteiger partial charge in [-0.25, -0.2) is 9.79 Å². The number of rotatable bonds is 1. The van der Waals surface area contributed by atoms with Gasteiger partial charge in [-0.1, -0.05) is 0 Å². The maximum atomic E-state index is 10.6. The largest absolute Gasteiger partial charge is 3.00 e. The van der Waals surface area contributed by atoms with Gasteiger partial charge in [0.2, 0.25) is 6.17 Å². The van der Waals surface area contributed by atoms with Crippen LogP contribution in [0.3, 0.4) is 0 Å². The quantitative estimate of drug-likeness (QED) is 0.175. The monoisotopic (exact) mass is 218 g/mol. The zero-order chi connectivity index (χ0) is 8.43. The first-order valence-electron chi connectivity index (χ1n) is 2.71. The van der Waals surface area contributed by atoms with E-state index in [0.29, 0.717) is 0 Å². The Kier molecular flexibility index (Phi) is 9.36. The number of hydrogen-bond donors (Lipinski definition) is 3. The van der Waals surface area contributed by atoms with E-state index in [0.717, 1.165) is 0 Å². The molecule has 14 heavy (non-hydrogen) atoms. The average molecular weight is 218 g/mol. The van der Waals surface area contributed by atoms with E-state index in [2.05, 4.69) is 16.0 Å². The zero-order valence-corrected chi connectivity index (χ0v) is 7.95. The van der Waals surface area contributed by atoms with E-state index >= 15 is 0 Å². The standard InChI is InChI=1S/C4H6N4O3.Al.2H2O/c5-3(10)6-1-2(9)8-4(11)7-1;;;/h1H,(H3,5,6,10)(H2,7,8,9,11);;2*1H2/q;+3;;/p-3. The first kappa shape index (κ1) is 18.4. The van der Waals surface area contributed by atoms with Gasteiger partial charge < -0.3 is 27.1 Å². The van der Waals surface area contributed by atoms with Crippen LogP contribution < -0.4 is 21.5 Å². The molecule has 0 aromatic heterocycles. The molecule has 0 aromatic rings. The molecular weight excluding hydrogens is 211 g/mol. The molecule has 0 bridgehead atoms. The number of aliphatic imine (C=N–C) groups is 1. The van der Waals surface area contributed by atoms with Crippen LogP contribution in [0.2, 0.25) is 0 Å². The number of imide groups is 1. The summed E-state index contributed by atoms with van der Waals surface area (Å²) in [6.07, 6.45) is -1.17. The average Bonchev–Trinajstić information content (AvgIpc) is 2.09. The van der Waals surface area contributed by atoms with Crippen molar-refractivity contribution in [3.05, 3.63) is 0 Å². The molecule has 0 radical (unpaired) electrons. The van der Waals surface area contributed by atoms with Gasteiger partial charge in [-0.05, 0) is 0 Å².